The Morgan fingerprint density at radius 3 is 1.56 bits per heavy atom. The molecule has 0 atom stereocenters. The van der Waals surface area contributed by atoms with Gasteiger partial charge in [-0.15, -0.1) is 0 Å². The lowest BCUT2D eigenvalue weighted by molar-refractivity contribution is -0.385. The van der Waals surface area contributed by atoms with Gasteiger partial charge in [-0.2, -0.15) is 0 Å². The largest absolute Gasteiger partial charge is 0.487 e. The SMILES string of the molecule is Nc1ccc([N+](=O)[O-])c(OCCCOc2cc(N)ccc2[N+](=O)[O-])c1. The molecule has 0 radical (unpaired) electrons. The Kier molecular flexibility index (Phi) is 5.56. The van der Waals surface area contributed by atoms with Gasteiger partial charge in [0.05, 0.1) is 23.1 Å². The minimum atomic E-state index is -0.568. The summed E-state index contributed by atoms with van der Waals surface area (Å²) in [6, 6.07) is 8.07. The van der Waals surface area contributed by atoms with Crippen LogP contribution in [0.3, 0.4) is 0 Å². The molecule has 0 saturated carbocycles. The number of nitrogens with zero attached hydrogens (tertiary/aromatic N) is 2. The van der Waals surface area contributed by atoms with Gasteiger partial charge in [0, 0.05) is 42.1 Å². The number of nitro groups is 2. The van der Waals surface area contributed by atoms with E-state index in [1.165, 1.54) is 36.4 Å². The van der Waals surface area contributed by atoms with Crippen LogP contribution < -0.4 is 20.9 Å². The Hall–Kier alpha value is -3.56. The summed E-state index contributed by atoms with van der Waals surface area (Å²) < 4.78 is 10.7. The number of nitrogen functional groups attached to an aromatic ring is 2. The maximum Gasteiger partial charge on any atom is 0.311 e. The highest BCUT2D eigenvalue weighted by Gasteiger charge is 2.16. The Labute approximate surface area is 142 Å². The van der Waals surface area contributed by atoms with Gasteiger partial charge >= 0.3 is 11.4 Å². The van der Waals surface area contributed by atoms with Crippen LogP contribution in [0.5, 0.6) is 11.5 Å². The van der Waals surface area contributed by atoms with Gasteiger partial charge in [-0.25, -0.2) is 0 Å². The predicted octanol–water partition coefficient (Wildman–Crippen LogP) is 2.52. The van der Waals surface area contributed by atoms with Crippen molar-refractivity contribution in [1.29, 1.82) is 0 Å². The van der Waals surface area contributed by atoms with Crippen LogP contribution >= 0.6 is 0 Å². The molecular weight excluding hydrogens is 332 g/mol. The van der Waals surface area contributed by atoms with Crippen LogP contribution in [-0.2, 0) is 0 Å². The second kappa shape index (κ2) is 7.81. The van der Waals surface area contributed by atoms with Crippen molar-refractivity contribution in [2.45, 2.75) is 6.42 Å². The Morgan fingerprint density at radius 1 is 0.800 bits per heavy atom. The van der Waals surface area contributed by atoms with E-state index >= 15 is 0 Å². The number of ether oxygens (including phenoxy) is 2. The highest BCUT2D eigenvalue weighted by Crippen LogP contribution is 2.30. The van der Waals surface area contributed by atoms with E-state index in [-0.39, 0.29) is 36.1 Å². The molecule has 0 heterocycles. The van der Waals surface area contributed by atoms with Crippen molar-refractivity contribution in [3.63, 3.8) is 0 Å². The molecule has 0 bridgehead atoms. The molecule has 0 unspecified atom stereocenters. The molecule has 0 aliphatic carbocycles. The van der Waals surface area contributed by atoms with Crippen molar-refractivity contribution in [1.82, 2.24) is 0 Å². The van der Waals surface area contributed by atoms with E-state index in [0.717, 1.165) is 0 Å². The van der Waals surface area contributed by atoms with E-state index in [1.807, 2.05) is 0 Å². The van der Waals surface area contributed by atoms with Gasteiger partial charge in [0.1, 0.15) is 0 Å². The molecule has 132 valence electrons. The average Bonchev–Trinajstić information content (AvgIpc) is 2.54. The second-order valence-corrected chi connectivity index (χ2v) is 5.02. The van der Waals surface area contributed by atoms with Crippen molar-refractivity contribution in [3.05, 3.63) is 56.6 Å². The zero-order chi connectivity index (χ0) is 18.4. The molecule has 10 heteroatoms. The van der Waals surface area contributed by atoms with Crippen molar-refractivity contribution in [3.8, 4) is 11.5 Å². The molecule has 0 spiro atoms. The highest BCUT2D eigenvalue weighted by atomic mass is 16.6. The number of benzene rings is 2. The third kappa shape index (κ3) is 4.70. The van der Waals surface area contributed by atoms with Gasteiger partial charge in [-0.05, 0) is 12.1 Å². The van der Waals surface area contributed by atoms with Crippen molar-refractivity contribution in [2.75, 3.05) is 24.7 Å². The number of anilines is 2. The van der Waals surface area contributed by atoms with Crippen LogP contribution in [0.2, 0.25) is 0 Å². The summed E-state index contributed by atoms with van der Waals surface area (Å²) in [5, 5.41) is 21.8. The summed E-state index contributed by atoms with van der Waals surface area (Å²) in [4.78, 5) is 20.7. The summed E-state index contributed by atoms with van der Waals surface area (Å²) in [5.74, 6) is 0.111. The minimum absolute atomic E-state index is 0.0555. The van der Waals surface area contributed by atoms with E-state index in [0.29, 0.717) is 17.8 Å². The molecule has 0 fully saturated rings. The topological polar surface area (TPSA) is 157 Å². The monoisotopic (exact) mass is 348 g/mol. The zero-order valence-electron chi connectivity index (χ0n) is 13.1. The molecule has 2 aromatic carbocycles. The van der Waals surface area contributed by atoms with E-state index in [4.69, 9.17) is 20.9 Å². The fraction of sp³-hybridized carbons (Fsp3) is 0.200. The summed E-state index contributed by atoms with van der Waals surface area (Å²) in [6.45, 7) is 0.223. The van der Waals surface area contributed by atoms with Crippen LogP contribution in [0.25, 0.3) is 0 Å². The van der Waals surface area contributed by atoms with Gasteiger partial charge in [0.25, 0.3) is 0 Å². The first kappa shape index (κ1) is 17.8. The summed E-state index contributed by atoms with van der Waals surface area (Å²) >= 11 is 0. The fourth-order valence-electron chi connectivity index (χ4n) is 2.02. The van der Waals surface area contributed by atoms with E-state index in [1.54, 1.807) is 0 Å². The molecule has 0 amide bonds. The fourth-order valence-corrected chi connectivity index (χ4v) is 2.02. The number of nitrogens with two attached hydrogens (primary N) is 2. The standard InChI is InChI=1S/C15H16N4O6/c16-10-2-4-12(18(20)21)14(8-10)24-6-1-7-25-15-9-11(17)3-5-13(15)19(22)23/h2-5,8-9H,1,6-7,16-17H2. The van der Waals surface area contributed by atoms with Gasteiger partial charge in [0.2, 0.25) is 0 Å². The summed E-state index contributed by atoms with van der Waals surface area (Å²) in [7, 11) is 0. The first-order valence-electron chi connectivity index (χ1n) is 7.22. The molecule has 2 aromatic rings. The van der Waals surface area contributed by atoms with Crippen LogP contribution in [-0.4, -0.2) is 23.1 Å². The lowest BCUT2D eigenvalue weighted by Crippen LogP contribution is -2.07. The molecule has 0 aromatic heterocycles. The Morgan fingerprint density at radius 2 is 1.20 bits per heavy atom. The molecular formula is C15H16N4O6. The van der Waals surface area contributed by atoms with E-state index in [2.05, 4.69) is 0 Å². The lowest BCUT2D eigenvalue weighted by atomic mass is 10.2. The molecule has 0 aliphatic rings. The molecule has 25 heavy (non-hydrogen) atoms. The van der Waals surface area contributed by atoms with Crippen LogP contribution in [0, 0.1) is 20.2 Å². The molecule has 10 nitrogen and oxygen atoms in total. The molecule has 4 N–H and O–H groups in total. The van der Waals surface area contributed by atoms with E-state index < -0.39 is 9.85 Å². The average molecular weight is 348 g/mol. The smallest absolute Gasteiger partial charge is 0.311 e. The first-order valence-corrected chi connectivity index (χ1v) is 7.22. The van der Waals surface area contributed by atoms with Gasteiger partial charge in [-0.1, -0.05) is 0 Å². The third-order valence-corrected chi connectivity index (χ3v) is 3.16. The minimum Gasteiger partial charge on any atom is -0.487 e. The van der Waals surface area contributed by atoms with Crippen LogP contribution in [0.1, 0.15) is 6.42 Å². The third-order valence-electron chi connectivity index (χ3n) is 3.16. The number of hydrogen-bond acceptors (Lipinski definition) is 8. The van der Waals surface area contributed by atoms with Crippen LogP contribution in [0.15, 0.2) is 36.4 Å². The highest BCUT2D eigenvalue weighted by molar-refractivity contribution is 5.56. The first-order chi connectivity index (χ1) is 11.9. The quantitative estimate of drug-likeness (QED) is 0.319. The normalized spacial score (nSPS) is 10.2. The van der Waals surface area contributed by atoms with Gasteiger partial charge in [-0.3, -0.25) is 20.2 Å². The van der Waals surface area contributed by atoms with E-state index in [9.17, 15) is 20.2 Å². The maximum absolute atomic E-state index is 10.9. The van der Waals surface area contributed by atoms with Crippen molar-refractivity contribution < 1.29 is 19.3 Å². The van der Waals surface area contributed by atoms with Crippen molar-refractivity contribution >= 4 is 22.7 Å². The van der Waals surface area contributed by atoms with Crippen LogP contribution in [0.4, 0.5) is 22.7 Å². The zero-order valence-corrected chi connectivity index (χ0v) is 13.1. The summed E-state index contributed by atoms with van der Waals surface area (Å²) in [6.07, 6.45) is 0.345. The van der Waals surface area contributed by atoms with Gasteiger partial charge in [0.15, 0.2) is 11.5 Å². The Bertz CT molecular complexity index is 730. The van der Waals surface area contributed by atoms with Gasteiger partial charge < -0.3 is 20.9 Å². The number of hydrogen-bond donors (Lipinski definition) is 2. The number of rotatable bonds is 8. The molecule has 0 saturated heterocycles. The second-order valence-electron chi connectivity index (χ2n) is 5.02. The molecule has 2 rings (SSSR count). The molecule has 0 aliphatic heterocycles. The summed E-state index contributed by atoms with van der Waals surface area (Å²) in [5.41, 5.74) is 11.5. The lowest BCUT2D eigenvalue weighted by Gasteiger charge is -2.09. The van der Waals surface area contributed by atoms with Crippen molar-refractivity contribution in [2.24, 2.45) is 0 Å². The Balaban J connectivity index is 1.91. The maximum atomic E-state index is 10.9. The predicted molar refractivity (Wildman–Crippen MR) is 90.6 cm³/mol. The number of nitro benzene ring substituents is 2.